The van der Waals surface area contributed by atoms with E-state index in [1.54, 1.807) is 18.2 Å². The zero-order valence-corrected chi connectivity index (χ0v) is 13.8. The van der Waals surface area contributed by atoms with Gasteiger partial charge in [-0.1, -0.05) is 12.1 Å². The monoisotopic (exact) mass is 329 g/mol. The van der Waals surface area contributed by atoms with Crippen molar-refractivity contribution in [2.24, 2.45) is 0 Å². The Morgan fingerprint density at radius 3 is 2.50 bits per heavy atom. The van der Waals surface area contributed by atoms with E-state index < -0.39 is 5.97 Å². The van der Waals surface area contributed by atoms with Crippen LogP contribution in [0.4, 0.5) is 5.69 Å². The van der Waals surface area contributed by atoms with Crippen molar-refractivity contribution < 1.29 is 23.8 Å². The molecular formula is C18H19NO5. The minimum absolute atomic E-state index is 0.179. The molecule has 2 aromatic carbocycles. The normalized spacial score (nSPS) is 9.96. The molecule has 0 saturated carbocycles. The van der Waals surface area contributed by atoms with Crippen LogP contribution in [0.2, 0.25) is 0 Å². The first-order valence-corrected chi connectivity index (χ1v) is 7.29. The van der Waals surface area contributed by atoms with E-state index in [2.05, 4.69) is 10.1 Å². The summed E-state index contributed by atoms with van der Waals surface area (Å²) in [5.74, 6) is -0.0532. The lowest BCUT2D eigenvalue weighted by molar-refractivity contribution is -0.118. The van der Waals surface area contributed by atoms with Gasteiger partial charge in [0.1, 0.15) is 0 Å². The Balaban J connectivity index is 2.00. The SMILES string of the molecule is COC(=O)c1ccc(OCC(=O)Nc2cccc(C)c2)c(OC)c1. The van der Waals surface area contributed by atoms with Crippen molar-refractivity contribution in [2.75, 3.05) is 26.1 Å². The molecule has 0 spiro atoms. The number of aryl methyl sites for hydroxylation is 1. The summed E-state index contributed by atoms with van der Waals surface area (Å²) in [5, 5.41) is 2.75. The predicted octanol–water partition coefficient (Wildman–Crippen LogP) is 2.81. The maximum absolute atomic E-state index is 12.0. The number of hydrogen-bond donors (Lipinski definition) is 1. The highest BCUT2D eigenvalue weighted by atomic mass is 16.5. The van der Waals surface area contributed by atoms with Gasteiger partial charge in [-0.25, -0.2) is 4.79 Å². The summed E-state index contributed by atoms with van der Waals surface area (Å²) in [6, 6.07) is 12.1. The molecule has 6 heteroatoms. The van der Waals surface area contributed by atoms with Crippen molar-refractivity contribution in [1.29, 1.82) is 0 Å². The lowest BCUT2D eigenvalue weighted by atomic mass is 10.2. The molecular weight excluding hydrogens is 310 g/mol. The maximum atomic E-state index is 12.0. The largest absolute Gasteiger partial charge is 0.493 e. The van der Waals surface area contributed by atoms with Crippen LogP contribution in [-0.4, -0.2) is 32.7 Å². The first kappa shape index (κ1) is 17.3. The number of esters is 1. The first-order chi connectivity index (χ1) is 11.5. The minimum atomic E-state index is -0.475. The van der Waals surface area contributed by atoms with Gasteiger partial charge in [0.2, 0.25) is 0 Å². The third-order valence-electron chi connectivity index (χ3n) is 3.25. The molecule has 0 fully saturated rings. The smallest absolute Gasteiger partial charge is 0.337 e. The van der Waals surface area contributed by atoms with Crippen LogP contribution in [0, 0.1) is 6.92 Å². The lowest BCUT2D eigenvalue weighted by Gasteiger charge is -2.12. The van der Waals surface area contributed by atoms with Crippen molar-refractivity contribution in [3.8, 4) is 11.5 Å². The van der Waals surface area contributed by atoms with E-state index in [9.17, 15) is 9.59 Å². The Morgan fingerprint density at radius 1 is 1.04 bits per heavy atom. The van der Waals surface area contributed by atoms with Crippen molar-refractivity contribution in [3.05, 3.63) is 53.6 Å². The van der Waals surface area contributed by atoms with E-state index in [0.717, 1.165) is 5.56 Å². The third-order valence-corrected chi connectivity index (χ3v) is 3.25. The molecule has 0 atom stereocenters. The van der Waals surface area contributed by atoms with Crippen molar-refractivity contribution >= 4 is 17.6 Å². The van der Waals surface area contributed by atoms with Gasteiger partial charge in [0.05, 0.1) is 19.8 Å². The van der Waals surface area contributed by atoms with Crippen LogP contribution >= 0.6 is 0 Å². The Morgan fingerprint density at radius 2 is 1.83 bits per heavy atom. The van der Waals surface area contributed by atoms with Crippen molar-refractivity contribution in [3.63, 3.8) is 0 Å². The zero-order valence-electron chi connectivity index (χ0n) is 13.8. The quantitative estimate of drug-likeness (QED) is 0.825. The Labute approximate surface area is 140 Å². The fourth-order valence-corrected chi connectivity index (χ4v) is 2.09. The summed E-state index contributed by atoms with van der Waals surface area (Å²) in [7, 11) is 2.75. The van der Waals surface area contributed by atoms with E-state index in [-0.39, 0.29) is 12.5 Å². The topological polar surface area (TPSA) is 73.9 Å². The van der Waals surface area contributed by atoms with Gasteiger partial charge >= 0.3 is 5.97 Å². The van der Waals surface area contributed by atoms with Crippen LogP contribution in [0.25, 0.3) is 0 Å². The molecule has 2 aromatic rings. The molecule has 0 saturated heterocycles. The number of methoxy groups -OCH3 is 2. The summed E-state index contributed by atoms with van der Waals surface area (Å²) in [4.78, 5) is 23.5. The van der Waals surface area contributed by atoms with Gasteiger partial charge in [0.15, 0.2) is 18.1 Å². The molecule has 0 aliphatic carbocycles. The maximum Gasteiger partial charge on any atom is 0.337 e. The molecule has 0 aromatic heterocycles. The number of anilines is 1. The van der Waals surface area contributed by atoms with Gasteiger partial charge in [0.25, 0.3) is 5.91 Å². The molecule has 0 unspecified atom stereocenters. The van der Waals surface area contributed by atoms with Crippen molar-refractivity contribution in [1.82, 2.24) is 0 Å². The average molecular weight is 329 g/mol. The summed E-state index contributed by atoms with van der Waals surface area (Å²) in [6.45, 7) is 1.77. The number of rotatable bonds is 6. The van der Waals surface area contributed by atoms with Gasteiger partial charge in [-0.05, 0) is 42.8 Å². The van der Waals surface area contributed by atoms with E-state index in [1.165, 1.54) is 20.3 Å². The molecule has 6 nitrogen and oxygen atoms in total. The summed E-state index contributed by atoms with van der Waals surface area (Å²) >= 11 is 0. The van der Waals surface area contributed by atoms with Crippen LogP contribution in [0.5, 0.6) is 11.5 Å². The number of benzene rings is 2. The molecule has 0 aliphatic rings. The predicted molar refractivity (Wildman–Crippen MR) is 89.6 cm³/mol. The zero-order chi connectivity index (χ0) is 17.5. The standard InChI is InChI=1S/C18H19NO5/c1-12-5-4-6-14(9-12)19-17(20)11-24-15-8-7-13(18(21)23-3)10-16(15)22-2/h4-10H,11H2,1-3H3,(H,19,20). The van der Waals surface area contributed by atoms with Crippen LogP contribution in [0.1, 0.15) is 15.9 Å². The van der Waals surface area contributed by atoms with Gasteiger partial charge in [0, 0.05) is 5.69 Å². The number of hydrogen-bond acceptors (Lipinski definition) is 5. The second-order valence-corrected chi connectivity index (χ2v) is 5.06. The van der Waals surface area contributed by atoms with Gasteiger partial charge in [-0.15, -0.1) is 0 Å². The lowest BCUT2D eigenvalue weighted by Crippen LogP contribution is -2.20. The van der Waals surface area contributed by atoms with E-state index >= 15 is 0 Å². The molecule has 0 bridgehead atoms. The van der Waals surface area contributed by atoms with Crippen LogP contribution in [-0.2, 0) is 9.53 Å². The second kappa shape index (κ2) is 8.01. The molecule has 126 valence electrons. The summed E-state index contributed by atoms with van der Waals surface area (Å²) in [5.41, 5.74) is 2.09. The molecule has 1 amide bonds. The number of ether oxygens (including phenoxy) is 3. The van der Waals surface area contributed by atoms with E-state index in [4.69, 9.17) is 9.47 Å². The van der Waals surface area contributed by atoms with E-state index in [1.807, 2.05) is 25.1 Å². The van der Waals surface area contributed by atoms with E-state index in [0.29, 0.717) is 22.7 Å². The molecule has 0 heterocycles. The third kappa shape index (κ3) is 4.49. The fourth-order valence-electron chi connectivity index (χ4n) is 2.09. The first-order valence-electron chi connectivity index (χ1n) is 7.29. The Hall–Kier alpha value is -3.02. The fraction of sp³-hybridized carbons (Fsp3) is 0.222. The highest BCUT2D eigenvalue weighted by Crippen LogP contribution is 2.28. The highest BCUT2D eigenvalue weighted by Gasteiger charge is 2.12. The minimum Gasteiger partial charge on any atom is -0.493 e. The van der Waals surface area contributed by atoms with Crippen LogP contribution < -0.4 is 14.8 Å². The van der Waals surface area contributed by atoms with Gasteiger partial charge < -0.3 is 19.5 Å². The Bertz CT molecular complexity index is 742. The molecule has 2 rings (SSSR count). The van der Waals surface area contributed by atoms with Crippen LogP contribution in [0.15, 0.2) is 42.5 Å². The second-order valence-electron chi connectivity index (χ2n) is 5.06. The molecule has 24 heavy (non-hydrogen) atoms. The van der Waals surface area contributed by atoms with Crippen LogP contribution in [0.3, 0.4) is 0 Å². The van der Waals surface area contributed by atoms with Crippen molar-refractivity contribution in [2.45, 2.75) is 6.92 Å². The highest BCUT2D eigenvalue weighted by molar-refractivity contribution is 5.92. The molecule has 0 radical (unpaired) electrons. The van der Waals surface area contributed by atoms with Gasteiger partial charge in [-0.3, -0.25) is 4.79 Å². The van der Waals surface area contributed by atoms with Gasteiger partial charge in [-0.2, -0.15) is 0 Å². The molecule has 1 N–H and O–H groups in total. The Kier molecular flexibility index (Phi) is 5.78. The molecule has 0 aliphatic heterocycles. The number of carbonyl (C=O) groups excluding carboxylic acids is 2. The number of carbonyl (C=O) groups is 2. The summed E-state index contributed by atoms with van der Waals surface area (Å²) in [6.07, 6.45) is 0. The summed E-state index contributed by atoms with van der Waals surface area (Å²) < 4.78 is 15.3. The number of amides is 1. The number of nitrogens with one attached hydrogen (secondary N) is 1. The average Bonchev–Trinajstić information content (AvgIpc) is 2.59.